The quantitative estimate of drug-likeness (QED) is 0.661. The number of fused-ring (bicyclic) bond motifs is 1. The fourth-order valence-corrected chi connectivity index (χ4v) is 2.70. The van der Waals surface area contributed by atoms with E-state index >= 15 is 0 Å². The van der Waals surface area contributed by atoms with Gasteiger partial charge in [0.1, 0.15) is 12.1 Å². The van der Waals surface area contributed by atoms with Crippen molar-refractivity contribution in [1.29, 1.82) is 10.5 Å². The van der Waals surface area contributed by atoms with Gasteiger partial charge in [-0.15, -0.1) is 0 Å². The van der Waals surface area contributed by atoms with Crippen LogP contribution in [0.2, 0.25) is 0 Å². The van der Waals surface area contributed by atoms with Gasteiger partial charge >= 0.3 is 0 Å². The topological polar surface area (TPSA) is 83.9 Å². The molecule has 0 spiro atoms. The average Bonchev–Trinajstić information content (AvgIpc) is 3.01. The van der Waals surface area contributed by atoms with Crippen molar-refractivity contribution in [2.24, 2.45) is 7.05 Å². The molecule has 0 bridgehead atoms. The Balaban J connectivity index is 2.02. The third-order valence-corrected chi connectivity index (χ3v) is 3.94. The molecular weight excluding hydrogens is 328 g/mol. The second-order valence-corrected chi connectivity index (χ2v) is 5.51. The van der Waals surface area contributed by atoms with Crippen LogP contribution in [0.4, 0.5) is 0 Å². The third-order valence-electron chi connectivity index (χ3n) is 3.94. The maximum Gasteiger partial charge on any atom is 0.174 e. The molecule has 128 valence electrons. The van der Waals surface area contributed by atoms with Crippen molar-refractivity contribution in [1.82, 2.24) is 9.55 Å². The van der Waals surface area contributed by atoms with Crippen molar-refractivity contribution in [3.05, 3.63) is 53.9 Å². The highest BCUT2D eigenvalue weighted by atomic mass is 16.5. The van der Waals surface area contributed by atoms with Crippen LogP contribution in [0.25, 0.3) is 22.7 Å². The summed E-state index contributed by atoms with van der Waals surface area (Å²) < 4.78 is 12.5. The first kappa shape index (κ1) is 17.1. The van der Waals surface area contributed by atoms with Crippen LogP contribution in [-0.2, 0) is 7.05 Å². The first-order chi connectivity index (χ1) is 12.7. The van der Waals surface area contributed by atoms with Crippen LogP contribution < -0.4 is 9.47 Å². The normalized spacial score (nSPS) is 11.0. The predicted octanol–water partition coefficient (Wildman–Crippen LogP) is 3.55. The number of aryl methyl sites for hydroxylation is 1. The molecule has 0 radical (unpaired) electrons. The maximum atomic E-state index is 9.62. The molecule has 0 aliphatic heterocycles. The molecule has 0 fully saturated rings. The number of allylic oxidation sites excluding steroid dienone is 1. The van der Waals surface area contributed by atoms with E-state index in [1.165, 1.54) is 7.11 Å². The summed E-state index contributed by atoms with van der Waals surface area (Å²) in [6.45, 7) is -0.0607. The Morgan fingerprint density at radius 3 is 2.69 bits per heavy atom. The first-order valence-electron chi connectivity index (χ1n) is 7.89. The number of aromatic nitrogens is 2. The summed E-state index contributed by atoms with van der Waals surface area (Å²) in [5.74, 6) is 1.57. The van der Waals surface area contributed by atoms with Gasteiger partial charge in [0.15, 0.2) is 23.9 Å². The van der Waals surface area contributed by atoms with Gasteiger partial charge in [0, 0.05) is 7.05 Å². The van der Waals surface area contributed by atoms with Crippen molar-refractivity contribution in [2.75, 3.05) is 13.7 Å². The SMILES string of the molecule is COc1cc(/C=C(\C#N)c2nc3ccccc3n2C)ccc1OCC#N. The number of nitriles is 2. The molecule has 0 aliphatic rings. The van der Waals surface area contributed by atoms with Gasteiger partial charge in [-0.05, 0) is 35.9 Å². The molecule has 0 amide bonds. The van der Waals surface area contributed by atoms with E-state index in [4.69, 9.17) is 14.7 Å². The van der Waals surface area contributed by atoms with E-state index in [1.54, 1.807) is 24.3 Å². The fourth-order valence-electron chi connectivity index (χ4n) is 2.70. The highest BCUT2D eigenvalue weighted by Crippen LogP contribution is 2.30. The summed E-state index contributed by atoms with van der Waals surface area (Å²) in [4.78, 5) is 4.56. The van der Waals surface area contributed by atoms with Crippen LogP contribution in [0.1, 0.15) is 11.4 Å². The van der Waals surface area contributed by atoms with Crippen molar-refractivity contribution in [2.45, 2.75) is 0 Å². The van der Waals surface area contributed by atoms with Gasteiger partial charge in [-0.1, -0.05) is 18.2 Å². The van der Waals surface area contributed by atoms with Gasteiger partial charge in [-0.3, -0.25) is 0 Å². The van der Waals surface area contributed by atoms with Crippen molar-refractivity contribution in [3.8, 4) is 23.6 Å². The minimum absolute atomic E-state index is 0.0607. The molecule has 2 aromatic carbocycles. The summed E-state index contributed by atoms with van der Waals surface area (Å²) in [6.07, 6.45) is 1.75. The molecule has 0 atom stereocenters. The zero-order chi connectivity index (χ0) is 18.5. The number of imidazole rings is 1. The Morgan fingerprint density at radius 2 is 2.00 bits per heavy atom. The molecule has 6 nitrogen and oxygen atoms in total. The minimum Gasteiger partial charge on any atom is -0.493 e. The molecular formula is C20H16N4O2. The monoisotopic (exact) mass is 344 g/mol. The van der Waals surface area contributed by atoms with Gasteiger partial charge < -0.3 is 14.0 Å². The van der Waals surface area contributed by atoms with Crippen molar-refractivity contribution >= 4 is 22.7 Å². The van der Waals surface area contributed by atoms with E-state index in [2.05, 4.69) is 11.1 Å². The van der Waals surface area contributed by atoms with Crippen LogP contribution in [0.15, 0.2) is 42.5 Å². The lowest BCUT2D eigenvalue weighted by molar-refractivity contribution is 0.329. The number of nitrogens with zero attached hydrogens (tertiary/aromatic N) is 4. The smallest absolute Gasteiger partial charge is 0.174 e. The van der Waals surface area contributed by atoms with E-state index in [0.717, 1.165) is 16.6 Å². The summed E-state index contributed by atoms with van der Waals surface area (Å²) in [6, 6.07) is 17.1. The number of para-hydroxylation sites is 2. The van der Waals surface area contributed by atoms with Gasteiger partial charge in [0.25, 0.3) is 0 Å². The van der Waals surface area contributed by atoms with Crippen LogP contribution in [0, 0.1) is 22.7 Å². The molecule has 26 heavy (non-hydrogen) atoms. The number of ether oxygens (including phenoxy) is 2. The lowest BCUT2D eigenvalue weighted by atomic mass is 10.1. The Hall–Kier alpha value is -3.77. The molecule has 3 rings (SSSR count). The maximum absolute atomic E-state index is 9.62. The molecule has 0 unspecified atom stereocenters. The number of benzene rings is 2. The molecule has 0 aliphatic carbocycles. The molecule has 1 heterocycles. The summed E-state index contributed by atoms with van der Waals surface area (Å²) >= 11 is 0. The van der Waals surface area contributed by atoms with E-state index in [1.807, 2.05) is 41.9 Å². The number of hydrogen-bond donors (Lipinski definition) is 0. The molecule has 0 saturated heterocycles. The van der Waals surface area contributed by atoms with Crippen LogP contribution >= 0.6 is 0 Å². The summed E-state index contributed by atoms with van der Waals surface area (Å²) in [5, 5.41) is 18.3. The zero-order valence-electron chi connectivity index (χ0n) is 14.4. The third kappa shape index (κ3) is 3.22. The van der Waals surface area contributed by atoms with E-state index < -0.39 is 0 Å². The second-order valence-electron chi connectivity index (χ2n) is 5.51. The lowest BCUT2D eigenvalue weighted by Crippen LogP contribution is -1.98. The summed E-state index contributed by atoms with van der Waals surface area (Å²) in [7, 11) is 3.41. The van der Waals surface area contributed by atoms with Gasteiger partial charge in [-0.2, -0.15) is 10.5 Å². The zero-order valence-corrected chi connectivity index (χ0v) is 14.4. The Labute approximate surface area is 151 Å². The Morgan fingerprint density at radius 1 is 1.19 bits per heavy atom. The van der Waals surface area contributed by atoms with Gasteiger partial charge in [-0.25, -0.2) is 4.98 Å². The molecule has 0 N–H and O–H groups in total. The van der Waals surface area contributed by atoms with Gasteiger partial charge in [0.05, 0.1) is 23.7 Å². The highest BCUT2D eigenvalue weighted by molar-refractivity contribution is 5.91. The number of hydrogen-bond acceptors (Lipinski definition) is 5. The summed E-state index contributed by atoms with van der Waals surface area (Å²) in [5.41, 5.74) is 3.01. The van der Waals surface area contributed by atoms with Gasteiger partial charge in [0.2, 0.25) is 0 Å². The van der Waals surface area contributed by atoms with Crippen LogP contribution in [0.5, 0.6) is 11.5 Å². The molecule has 0 saturated carbocycles. The average molecular weight is 344 g/mol. The Bertz CT molecular complexity index is 1070. The Kier molecular flexibility index (Phi) is 4.87. The largest absolute Gasteiger partial charge is 0.493 e. The number of rotatable bonds is 5. The highest BCUT2D eigenvalue weighted by Gasteiger charge is 2.12. The van der Waals surface area contributed by atoms with E-state index in [9.17, 15) is 5.26 Å². The van der Waals surface area contributed by atoms with E-state index in [0.29, 0.717) is 22.9 Å². The standard InChI is InChI=1S/C20H16N4O2/c1-24-17-6-4-3-5-16(17)23-20(24)15(13-22)11-14-7-8-18(26-10-9-21)19(12-14)25-2/h3-8,11-12H,10H2,1-2H3/b15-11+. The van der Waals surface area contributed by atoms with Crippen LogP contribution in [0.3, 0.4) is 0 Å². The van der Waals surface area contributed by atoms with Crippen molar-refractivity contribution in [3.63, 3.8) is 0 Å². The molecule has 1 aromatic heterocycles. The van der Waals surface area contributed by atoms with Crippen molar-refractivity contribution < 1.29 is 9.47 Å². The first-order valence-corrected chi connectivity index (χ1v) is 7.89. The lowest BCUT2D eigenvalue weighted by Gasteiger charge is -2.09. The second kappa shape index (κ2) is 7.42. The van der Waals surface area contributed by atoms with E-state index in [-0.39, 0.29) is 6.61 Å². The molecule has 6 heteroatoms. The van der Waals surface area contributed by atoms with Crippen LogP contribution in [-0.4, -0.2) is 23.3 Å². The number of methoxy groups -OCH3 is 1. The minimum atomic E-state index is -0.0607. The predicted molar refractivity (Wildman–Crippen MR) is 98.3 cm³/mol. The fraction of sp³-hybridized carbons (Fsp3) is 0.150. The molecule has 3 aromatic rings.